The molecule has 1 aliphatic rings. The fraction of sp³-hybridized carbons (Fsp3) is 0.538. The zero-order valence-electron chi connectivity index (χ0n) is 10.0. The third-order valence-corrected chi connectivity index (χ3v) is 3.83. The zero-order valence-corrected chi connectivity index (χ0v) is 11.6. The largest absolute Gasteiger partial charge is 0.347 e. The van der Waals surface area contributed by atoms with Gasteiger partial charge in [-0.2, -0.15) is 0 Å². The van der Waals surface area contributed by atoms with Crippen molar-refractivity contribution in [1.29, 1.82) is 0 Å². The molecule has 0 aliphatic heterocycles. The van der Waals surface area contributed by atoms with Crippen LogP contribution in [-0.2, 0) is 0 Å². The van der Waals surface area contributed by atoms with Crippen LogP contribution in [0.1, 0.15) is 49.4 Å². The standard InChI is InChI=1S/C13H17BrN2O/c1-13(7-3-2-4-8-13)16-12(17)10-5-6-11(14)15-9-10/h5-6,9H,2-4,7-8H2,1H3,(H,16,17). The molecule has 1 aliphatic carbocycles. The van der Waals surface area contributed by atoms with Gasteiger partial charge in [0.05, 0.1) is 5.56 Å². The van der Waals surface area contributed by atoms with Crippen molar-refractivity contribution in [1.82, 2.24) is 10.3 Å². The Morgan fingerprint density at radius 1 is 1.35 bits per heavy atom. The molecule has 0 aromatic carbocycles. The highest BCUT2D eigenvalue weighted by Gasteiger charge is 2.28. The fourth-order valence-corrected chi connectivity index (χ4v) is 2.55. The Morgan fingerprint density at radius 3 is 2.65 bits per heavy atom. The van der Waals surface area contributed by atoms with Gasteiger partial charge in [-0.25, -0.2) is 4.98 Å². The first-order chi connectivity index (χ1) is 8.09. The number of hydrogen-bond acceptors (Lipinski definition) is 2. The number of nitrogens with zero attached hydrogens (tertiary/aromatic N) is 1. The average molecular weight is 297 g/mol. The van der Waals surface area contributed by atoms with E-state index in [2.05, 4.69) is 33.2 Å². The summed E-state index contributed by atoms with van der Waals surface area (Å²) in [5.41, 5.74) is 0.586. The Bertz CT molecular complexity index is 396. The molecule has 1 aromatic heterocycles. The van der Waals surface area contributed by atoms with Crippen LogP contribution in [-0.4, -0.2) is 16.4 Å². The van der Waals surface area contributed by atoms with Crippen molar-refractivity contribution in [3.8, 4) is 0 Å². The van der Waals surface area contributed by atoms with Gasteiger partial charge >= 0.3 is 0 Å². The number of nitrogens with one attached hydrogen (secondary N) is 1. The average Bonchev–Trinajstić information content (AvgIpc) is 2.30. The molecule has 0 saturated heterocycles. The Kier molecular flexibility index (Phi) is 3.82. The molecule has 2 rings (SSSR count). The highest BCUT2D eigenvalue weighted by Crippen LogP contribution is 2.27. The van der Waals surface area contributed by atoms with Gasteiger partial charge in [0.25, 0.3) is 5.91 Å². The second-order valence-electron chi connectivity index (χ2n) is 4.95. The second-order valence-corrected chi connectivity index (χ2v) is 5.76. The van der Waals surface area contributed by atoms with Gasteiger partial charge in [0.1, 0.15) is 4.60 Å². The molecule has 0 unspecified atom stereocenters. The molecule has 0 bridgehead atoms. The summed E-state index contributed by atoms with van der Waals surface area (Å²) in [6.07, 6.45) is 7.44. The van der Waals surface area contributed by atoms with Crippen LogP contribution < -0.4 is 5.32 Å². The van der Waals surface area contributed by atoms with Crippen LogP contribution in [0.3, 0.4) is 0 Å². The minimum absolute atomic E-state index is 0.0191. The van der Waals surface area contributed by atoms with Crippen LogP contribution in [0.25, 0.3) is 0 Å². The SMILES string of the molecule is CC1(NC(=O)c2ccc(Br)nc2)CCCCC1. The molecule has 1 aromatic rings. The molecule has 4 heteroatoms. The monoisotopic (exact) mass is 296 g/mol. The number of hydrogen-bond donors (Lipinski definition) is 1. The molecule has 0 atom stereocenters. The van der Waals surface area contributed by atoms with E-state index < -0.39 is 0 Å². The van der Waals surface area contributed by atoms with Gasteiger partial charge in [0, 0.05) is 11.7 Å². The van der Waals surface area contributed by atoms with Crippen LogP contribution in [0.15, 0.2) is 22.9 Å². The lowest BCUT2D eigenvalue weighted by molar-refractivity contribution is 0.0882. The summed E-state index contributed by atoms with van der Waals surface area (Å²) in [4.78, 5) is 16.1. The summed E-state index contributed by atoms with van der Waals surface area (Å²) in [5.74, 6) is -0.0191. The van der Waals surface area contributed by atoms with E-state index in [0.717, 1.165) is 17.4 Å². The lowest BCUT2D eigenvalue weighted by Gasteiger charge is -2.34. The lowest BCUT2D eigenvalue weighted by Crippen LogP contribution is -2.47. The summed E-state index contributed by atoms with van der Waals surface area (Å²) in [5, 5.41) is 3.14. The first-order valence-electron chi connectivity index (χ1n) is 6.03. The number of pyridine rings is 1. The van der Waals surface area contributed by atoms with E-state index in [4.69, 9.17) is 0 Å². The van der Waals surface area contributed by atoms with E-state index in [9.17, 15) is 4.79 Å². The third-order valence-electron chi connectivity index (χ3n) is 3.36. The van der Waals surface area contributed by atoms with Gasteiger partial charge in [-0.15, -0.1) is 0 Å². The predicted octanol–water partition coefficient (Wildman–Crippen LogP) is 3.30. The Hall–Kier alpha value is -0.900. The number of rotatable bonds is 2. The van der Waals surface area contributed by atoms with Gasteiger partial charge in [0.15, 0.2) is 0 Å². The highest BCUT2D eigenvalue weighted by atomic mass is 79.9. The fourth-order valence-electron chi connectivity index (χ4n) is 2.31. The number of carbonyl (C=O) groups is 1. The van der Waals surface area contributed by atoms with E-state index in [0.29, 0.717) is 5.56 Å². The molecule has 17 heavy (non-hydrogen) atoms. The lowest BCUT2D eigenvalue weighted by atomic mass is 9.83. The van der Waals surface area contributed by atoms with Crippen molar-refractivity contribution >= 4 is 21.8 Å². The van der Waals surface area contributed by atoms with Crippen LogP contribution in [0, 0.1) is 0 Å². The van der Waals surface area contributed by atoms with E-state index in [1.807, 2.05) is 0 Å². The van der Waals surface area contributed by atoms with E-state index in [-0.39, 0.29) is 11.4 Å². The Labute approximate surface area is 110 Å². The van der Waals surface area contributed by atoms with Crippen LogP contribution in [0.2, 0.25) is 0 Å². The van der Waals surface area contributed by atoms with Gasteiger partial charge in [-0.05, 0) is 47.8 Å². The van der Waals surface area contributed by atoms with Gasteiger partial charge in [-0.3, -0.25) is 4.79 Å². The maximum Gasteiger partial charge on any atom is 0.253 e. The van der Waals surface area contributed by atoms with Crippen LogP contribution in [0.4, 0.5) is 0 Å². The molecule has 1 heterocycles. The Balaban J connectivity index is 2.03. The summed E-state index contributed by atoms with van der Waals surface area (Å²) < 4.78 is 0.748. The molecule has 1 amide bonds. The molecule has 92 valence electrons. The number of aromatic nitrogens is 1. The smallest absolute Gasteiger partial charge is 0.253 e. The number of carbonyl (C=O) groups excluding carboxylic acids is 1. The molecule has 1 saturated carbocycles. The molecule has 1 N–H and O–H groups in total. The van der Waals surface area contributed by atoms with E-state index >= 15 is 0 Å². The summed E-state index contributed by atoms with van der Waals surface area (Å²) >= 11 is 3.26. The number of halogens is 1. The molecule has 1 fully saturated rings. The molecular formula is C13H17BrN2O. The maximum absolute atomic E-state index is 12.1. The van der Waals surface area contributed by atoms with Crippen molar-refractivity contribution in [3.05, 3.63) is 28.5 Å². The summed E-state index contributed by atoms with van der Waals surface area (Å²) in [6, 6.07) is 3.58. The van der Waals surface area contributed by atoms with Crippen molar-refractivity contribution in [2.75, 3.05) is 0 Å². The number of amides is 1. The first kappa shape index (κ1) is 12.6. The summed E-state index contributed by atoms with van der Waals surface area (Å²) in [7, 11) is 0. The second kappa shape index (κ2) is 5.17. The quantitative estimate of drug-likeness (QED) is 0.851. The minimum Gasteiger partial charge on any atom is -0.347 e. The van der Waals surface area contributed by atoms with E-state index in [1.54, 1.807) is 18.3 Å². The molecule has 0 spiro atoms. The zero-order chi connectivity index (χ0) is 12.3. The normalized spacial score (nSPS) is 18.7. The maximum atomic E-state index is 12.1. The van der Waals surface area contributed by atoms with Gasteiger partial charge in [-0.1, -0.05) is 19.3 Å². The van der Waals surface area contributed by atoms with Gasteiger partial charge < -0.3 is 5.32 Å². The van der Waals surface area contributed by atoms with Crippen molar-refractivity contribution in [2.45, 2.75) is 44.6 Å². The Morgan fingerprint density at radius 2 is 2.06 bits per heavy atom. The molecule has 3 nitrogen and oxygen atoms in total. The van der Waals surface area contributed by atoms with Crippen LogP contribution >= 0.6 is 15.9 Å². The molecule has 0 radical (unpaired) electrons. The van der Waals surface area contributed by atoms with Gasteiger partial charge in [0.2, 0.25) is 0 Å². The topological polar surface area (TPSA) is 42.0 Å². The third kappa shape index (κ3) is 3.28. The van der Waals surface area contributed by atoms with E-state index in [1.165, 1.54) is 19.3 Å². The minimum atomic E-state index is -0.0393. The van der Waals surface area contributed by atoms with Crippen molar-refractivity contribution in [2.24, 2.45) is 0 Å². The highest BCUT2D eigenvalue weighted by molar-refractivity contribution is 9.10. The summed E-state index contributed by atoms with van der Waals surface area (Å²) in [6.45, 7) is 2.14. The van der Waals surface area contributed by atoms with Crippen LogP contribution in [0.5, 0.6) is 0 Å². The molecular weight excluding hydrogens is 280 g/mol. The first-order valence-corrected chi connectivity index (χ1v) is 6.82. The van der Waals surface area contributed by atoms with Crippen molar-refractivity contribution in [3.63, 3.8) is 0 Å². The van der Waals surface area contributed by atoms with Crippen molar-refractivity contribution < 1.29 is 4.79 Å². The predicted molar refractivity (Wildman–Crippen MR) is 70.9 cm³/mol.